The minimum absolute atomic E-state index is 0.212. The van der Waals surface area contributed by atoms with Crippen LogP contribution in [0.5, 0.6) is 0 Å². The number of allylic oxidation sites excluding steroid dienone is 1. The van der Waals surface area contributed by atoms with Gasteiger partial charge in [-0.25, -0.2) is 8.42 Å². The van der Waals surface area contributed by atoms with Gasteiger partial charge in [0.15, 0.2) is 9.84 Å². The van der Waals surface area contributed by atoms with Crippen LogP contribution >= 0.6 is 23.4 Å². The summed E-state index contributed by atoms with van der Waals surface area (Å²) in [5, 5.41) is 0.222. The zero-order valence-corrected chi connectivity index (χ0v) is 8.62. The molecule has 0 fully saturated rings. The Morgan fingerprint density at radius 3 is 2.58 bits per heavy atom. The van der Waals surface area contributed by atoms with E-state index in [4.69, 9.17) is 23.4 Å². The Kier molecular flexibility index (Phi) is 2.70. The molecule has 0 atom stereocenters. The second kappa shape index (κ2) is 3.28. The van der Waals surface area contributed by atoms with E-state index in [0.717, 1.165) is 6.26 Å². The predicted octanol–water partition coefficient (Wildman–Crippen LogP) is 1.46. The van der Waals surface area contributed by atoms with Crippen molar-refractivity contribution in [3.8, 4) is 0 Å². The molecule has 0 aliphatic carbocycles. The van der Waals surface area contributed by atoms with E-state index in [1.54, 1.807) is 0 Å². The minimum atomic E-state index is -3.17. The van der Waals surface area contributed by atoms with Crippen LogP contribution in [0.1, 0.15) is 0 Å². The van der Waals surface area contributed by atoms with E-state index in [1.807, 2.05) is 0 Å². The van der Waals surface area contributed by atoms with Crippen molar-refractivity contribution in [1.29, 1.82) is 0 Å². The summed E-state index contributed by atoms with van der Waals surface area (Å²) in [7, 11) is -3.17. The zero-order valence-electron chi connectivity index (χ0n) is 6.29. The van der Waals surface area contributed by atoms with Crippen LogP contribution in [0.2, 0.25) is 0 Å². The van der Waals surface area contributed by atoms with Gasteiger partial charge in [0, 0.05) is 18.0 Å². The summed E-state index contributed by atoms with van der Waals surface area (Å²) in [6.45, 7) is 0.305. The second-order valence-corrected chi connectivity index (χ2v) is 5.20. The fourth-order valence-electron chi connectivity index (χ4n) is 0.762. The summed E-state index contributed by atoms with van der Waals surface area (Å²) in [6.07, 6.45) is 3.96. The van der Waals surface area contributed by atoms with E-state index >= 15 is 0 Å². The Hall–Kier alpha value is -0.190. The normalized spacial score (nSPS) is 18.8. The van der Waals surface area contributed by atoms with Gasteiger partial charge in [0.25, 0.3) is 0 Å². The Bertz CT molecular complexity index is 345. The lowest BCUT2D eigenvalue weighted by Gasteiger charge is -2.17. The summed E-state index contributed by atoms with van der Waals surface area (Å²) in [5.74, 6) is 0. The van der Waals surface area contributed by atoms with Gasteiger partial charge < -0.3 is 0 Å². The lowest BCUT2D eigenvalue weighted by molar-refractivity contribution is 0.604. The number of hydrogen-bond donors (Lipinski definition) is 0. The monoisotopic (exact) mass is 227 g/mol. The zero-order chi connectivity index (χ0) is 9.35. The molecule has 1 aliphatic heterocycles. The van der Waals surface area contributed by atoms with Gasteiger partial charge in [0.1, 0.15) is 5.16 Å². The molecule has 0 aromatic heterocycles. The molecule has 0 unspecified atom stereocenters. The van der Waals surface area contributed by atoms with Crippen molar-refractivity contribution >= 4 is 33.2 Å². The van der Waals surface area contributed by atoms with Crippen molar-refractivity contribution < 1.29 is 8.42 Å². The molecule has 68 valence electrons. The molecule has 1 heterocycles. The molecule has 0 saturated carbocycles. The molecule has 1 aliphatic rings. The number of hydrogen-bond acceptors (Lipinski definition) is 3. The molecule has 0 amide bonds. The van der Waals surface area contributed by atoms with Crippen LogP contribution in [0.4, 0.5) is 0 Å². The molecular formula is C6H7Cl2NO2S. The SMILES string of the molecule is CS(=O)(=O)C1=CCN(Cl)C(Cl)=C1. The van der Waals surface area contributed by atoms with Crippen LogP contribution in [0.15, 0.2) is 22.2 Å². The Morgan fingerprint density at radius 2 is 2.17 bits per heavy atom. The number of nitrogens with zero attached hydrogens (tertiary/aromatic N) is 1. The molecule has 0 saturated heterocycles. The van der Waals surface area contributed by atoms with Crippen molar-refractivity contribution in [2.24, 2.45) is 0 Å². The molecule has 0 radical (unpaired) electrons. The first-order valence-corrected chi connectivity index (χ1v) is 5.73. The molecule has 12 heavy (non-hydrogen) atoms. The lowest BCUT2D eigenvalue weighted by Crippen LogP contribution is -2.15. The molecule has 3 nitrogen and oxygen atoms in total. The van der Waals surface area contributed by atoms with Crippen molar-refractivity contribution in [1.82, 2.24) is 4.42 Å². The first-order valence-electron chi connectivity index (χ1n) is 3.12. The van der Waals surface area contributed by atoms with Gasteiger partial charge in [-0.3, -0.25) is 4.42 Å². The van der Waals surface area contributed by atoms with Gasteiger partial charge in [0.2, 0.25) is 0 Å². The molecule has 1 rings (SSSR count). The van der Waals surface area contributed by atoms with Crippen LogP contribution in [0, 0.1) is 0 Å². The number of sulfone groups is 1. The van der Waals surface area contributed by atoms with E-state index in [0.29, 0.717) is 6.54 Å². The smallest absolute Gasteiger partial charge is 0.175 e. The van der Waals surface area contributed by atoms with Gasteiger partial charge in [-0.05, 0) is 12.2 Å². The highest BCUT2D eigenvalue weighted by atomic mass is 35.5. The van der Waals surface area contributed by atoms with E-state index < -0.39 is 9.84 Å². The number of rotatable bonds is 1. The van der Waals surface area contributed by atoms with Crippen molar-refractivity contribution in [3.05, 3.63) is 22.2 Å². The van der Waals surface area contributed by atoms with E-state index in [1.165, 1.54) is 16.6 Å². The molecule has 0 aromatic carbocycles. The molecular weight excluding hydrogens is 221 g/mol. The van der Waals surface area contributed by atoms with E-state index in [9.17, 15) is 8.42 Å². The maximum Gasteiger partial charge on any atom is 0.175 e. The van der Waals surface area contributed by atoms with Crippen LogP contribution in [0.25, 0.3) is 0 Å². The molecule has 0 N–H and O–H groups in total. The second-order valence-electron chi connectivity index (χ2n) is 2.39. The fourth-order valence-corrected chi connectivity index (χ4v) is 1.83. The highest BCUT2D eigenvalue weighted by Crippen LogP contribution is 2.22. The molecule has 0 aromatic rings. The van der Waals surface area contributed by atoms with Crippen LogP contribution in [-0.2, 0) is 9.84 Å². The Balaban J connectivity index is 3.01. The quantitative estimate of drug-likeness (QED) is 0.503. The van der Waals surface area contributed by atoms with Crippen molar-refractivity contribution in [2.45, 2.75) is 0 Å². The Labute approximate surface area is 81.3 Å². The summed E-state index contributed by atoms with van der Waals surface area (Å²) in [5.41, 5.74) is 0. The average molecular weight is 228 g/mol. The first kappa shape index (κ1) is 9.89. The Morgan fingerprint density at radius 1 is 1.58 bits per heavy atom. The van der Waals surface area contributed by atoms with Gasteiger partial charge in [-0.15, -0.1) is 0 Å². The molecule has 0 spiro atoms. The summed E-state index contributed by atoms with van der Waals surface area (Å²) >= 11 is 11.2. The first-order chi connectivity index (χ1) is 5.41. The van der Waals surface area contributed by atoms with E-state index in [2.05, 4.69) is 0 Å². The minimum Gasteiger partial charge on any atom is -0.271 e. The third kappa shape index (κ3) is 2.15. The van der Waals surface area contributed by atoms with Gasteiger partial charge in [0.05, 0.1) is 11.4 Å². The highest BCUT2D eigenvalue weighted by molar-refractivity contribution is 7.94. The molecule has 6 heteroatoms. The largest absolute Gasteiger partial charge is 0.271 e. The average Bonchev–Trinajstić information content (AvgIpc) is 1.92. The predicted molar refractivity (Wildman–Crippen MR) is 49.4 cm³/mol. The number of halogens is 2. The van der Waals surface area contributed by atoms with E-state index in [-0.39, 0.29) is 10.1 Å². The lowest BCUT2D eigenvalue weighted by atomic mass is 10.4. The topological polar surface area (TPSA) is 37.4 Å². The third-order valence-electron chi connectivity index (χ3n) is 1.37. The summed E-state index contributed by atoms with van der Waals surface area (Å²) < 4.78 is 23.2. The van der Waals surface area contributed by atoms with Crippen LogP contribution in [0.3, 0.4) is 0 Å². The van der Waals surface area contributed by atoms with Crippen molar-refractivity contribution in [3.63, 3.8) is 0 Å². The van der Waals surface area contributed by atoms with Crippen molar-refractivity contribution in [2.75, 3.05) is 12.8 Å². The summed E-state index contributed by atoms with van der Waals surface area (Å²) in [4.78, 5) is 0.212. The van der Waals surface area contributed by atoms with Gasteiger partial charge in [-0.2, -0.15) is 0 Å². The molecule has 0 bridgehead atoms. The standard InChI is InChI=1S/C6H7Cl2NO2S/c1-12(10,11)5-2-3-9(8)6(7)4-5/h2,4H,3H2,1H3. The highest BCUT2D eigenvalue weighted by Gasteiger charge is 2.16. The van der Waals surface area contributed by atoms with Crippen LogP contribution < -0.4 is 0 Å². The third-order valence-corrected chi connectivity index (χ3v) is 3.23. The van der Waals surface area contributed by atoms with Gasteiger partial charge >= 0.3 is 0 Å². The van der Waals surface area contributed by atoms with Crippen LogP contribution in [-0.4, -0.2) is 25.6 Å². The maximum atomic E-state index is 11.0. The van der Waals surface area contributed by atoms with Gasteiger partial charge in [-0.1, -0.05) is 11.6 Å². The summed E-state index contributed by atoms with van der Waals surface area (Å²) in [6, 6.07) is 0. The fraction of sp³-hybridized carbons (Fsp3) is 0.333. The maximum absolute atomic E-state index is 11.0.